The second-order valence-electron chi connectivity index (χ2n) is 6.77. The number of fused-ring (bicyclic) bond motifs is 1. The Hall–Kier alpha value is -3.12. The van der Waals surface area contributed by atoms with Crippen LogP contribution in [-0.4, -0.2) is 21.6 Å². The zero-order valence-electron chi connectivity index (χ0n) is 15.3. The zero-order chi connectivity index (χ0) is 19.7. The Kier molecular flexibility index (Phi) is 4.88. The highest BCUT2D eigenvalue weighted by Gasteiger charge is 2.33. The smallest absolute Gasteiger partial charge is 0.230 e. The van der Waals surface area contributed by atoms with Crippen molar-refractivity contribution in [1.82, 2.24) is 9.78 Å². The second kappa shape index (κ2) is 7.48. The molecule has 0 saturated carbocycles. The van der Waals surface area contributed by atoms with Crippen molar-refractivity contribution >= 4 is 35.1 Å². The molecule has 2 heterocycles. The Morgan fingerprint density at radius 2 is 1.93 bits per heavy atom. The van der Waals surface area contributed by atoms with Gasteiger partial charge in [0.1, 0.15) is 5.82 Å². The molecule has 0 spiro atoms. The monoisotopic (exact) mass is 394 g/mol. The van der Waals surface area contributed by atoms with Crippen molar-refractivity contribution in [2.45, 2.75) is 18.8 Å². The minimum absolute atomic E-state index is 0.0710. The average molecular weight is 395 g/mol. The average Bonchev–Trinajstić information content (AvgIpc) is 2.99. The lowest BCUT2D eigenvalue weighted by molar-refractivity contribution is -0.117. The molecule has 1 unspecified atom stereocenters. The lowest BCUT2D eigenvalue weighted by Crippen LogP contribution is -2.25. The first-order valence-electron chi connectivity index (χ1n) is 8.98. The SMILES string of the molecule is Cn1nc(NC(=O)Cc2ccccc2Cl)c2c1NC(=O)CC2c1ccccc1. The van der Waals surface area contributed by atoms with Gasteiger partial charge in [-0.2, -0.15) is 5.10 Å². The van der Waals surface area contributed by atoms with Crippen LogP contribution in [-0.2, 0) is 23.1 Å². The highest BCUT2D eigenvalue weighted by molar-refractivity contribution is 6.31. The largest absolute Gasteiger partial charge is 0.311 e. The Morgan fingerprint density at radius 1 is 1.21 bits per heavy atom. The number of nitrogens with zero attached hydrogens (tertiary/aromatic N) is 2. The van der Waals surface area contributed by atoms with E-state index in [0.717, 1.165) is 16.7 Å². The molecule has 0 saturated heterocycles. The Labute approximate surface area is 167 Å². The lowest BCUT2D eigenvalue weighted by atomic mass is 9.86. The van der Waals surface area contributed by atoms with Crippen molar-refractivity contribution in [3.8, 4) is 0 Å². The van der Waals surface area contributed by atoms with E-state index >= 15 is 0 Å². The molecule has 2 N–H and O–H groups in total. The Morgan fingerprint density at radius 3 is 2.68 bits per heavy atom. The molecule has 6 nitrogen and oxygen atoms in total. The topological polar surface area (TPSA) is 76.0 Å². The predicted molar refractivity (Wildman–Crippen MR) is 109 cm³/mol. The summed E-state index contributed by atoms with van der Waals surface area (Å²) < 4.78 is 1.59. The molecule has 0 fully saturated rings. The number of carbonyl (C=O) groups excluding carboxylic acids is 2. The van der Waals surface area contributed by atoms with Gasteiger partial charge in [-0.1, -0.05) is 60.1 Å². The van der Waals surface area contributed by atoms with Crippen LogP contribution in [0.25, 0.3) is 0 Å². The maximum atomic E-state index is 12.6. The van der Waals surface area contributed by atoms with Gasteiger partial charge in [-0.3, -0.25) is 14.3 Å². The van der Waals surface area contributed by atoms with Crippen LogP contribution in [0.15, 0.2) is 54.6 Å². The summed E-state index contributed by atoms with van der Waals surface area (Å²) >= 11 is 6.16. The number of nitrogens with one attached hydrogen (secondary N) is 2. The molecule has 7 heteroatoms. The molecule has 0 aliphatic carbocycles. The number of hydrogen-bond acceptors (Lipinski definition) is 3. The number of benzene rings is 2. The van der Waals surface area contributed by atoms with Crippen LogP contribution in [0.1, 0.15) is 29.0 Å². The molecule has 2 amide bonds. The molecular formula is C21H19ClN4O2. The van der Waals surface area contributed by atoms with E-state index in [1.165, 1.54) is 0 Å². The van der Waals surface area contributed by atoms with Gasteiger partial charge < -0.3 is 10.6 Å². The molecule has 1 aromatic heterocycles. The maximum Gasteiger partial charge on any atom is 0.230 e. The molecule has 4 rings (SSSR count). The van der Waals surface area contributed by atoms with Crippen LogP contribution in [0.4, 0.5) is 11.6 Å². The van der Waals surface area contributed by atoms with Crippen LogP contribution in [0.2, 0.25) is 5.02 Å². The molecule has 1 atom stereocenters. The predicted octanol–water partition coefficient (Wildman–Crippen LogP) is 3.73. The van der Waals surface area contributed by atoms with Crippen molar-refractivity contribution in [2.24, 2.45) is 7.05 Å². The summed E-state index contributed by atoms with van der Waals surface area (Å²) in [6.45, 7) is 0. The van der Waals surface area contributed by atoms with E-state index in [-0.39, 0.29) is 24.2 Å². The van der Waals surface area contributed by atoms with E-state index in [1.807, 2.05) is 48.5 Å². The highest BCUT2D eigenvalue weighted by Crippen LogP contribution is 2.41. The number of halogens is 1. The summed E-state index contributed by atoms with van der Waals surface area (Å²) in [5.41, 5.74) is 2.58. The molecular weight excluding hydrogens is 376 g/mol. The minimum atomic E-state index is -0.210. The van der Waals surface area contributed by atoms with Crippen LogP contribution < -0.4 is 10.6 Å². The van der Waals surface area contributed by atoms with Gasteiger partial charge in [-0.15, -0.1) is 0 Å². The van der Waals surface area contributed by atoms with E-state index in [9.17, 15) is 9.59 Å². The molecule has 142 valence electrons. The Balaban J connectivity index is 1.66. The van der Waals surface area contributed by atoms with Gasteiger partial charge in [-0.25, -0.2) is 0 Å². The van der Waals surface area contributed by atoms with Gasteiger partial charge in [0.2, 0.25) is 11.8 Å². The number of hydrogen-bond donors (Lipinski definition) is 2. The van der Waals surface area contributed by atoms with Gasteiger partial charge >= 0.3 is 0 Å². The third-order valence-electron chi connectivity index (χ3n) is 4.85. The van der Waals surface area contributed by atoms with E-state index in [4.69, 9.17) is 11.6 Å². The summed E-state index contributed by atoms with van der Waals surface area (Å²) in [7, 11) is 1.75. The molecule has 1 aliphatic rings. The number of aryl methyl sites for hydroxylation is 1. The van der Waals surface area contributed by atoms with Crippen LogP contribution in [0.3, 0.4) is 0 Å². The molecule has 0 radical (unpaired) electrons. The first-order chi connectivity index (χ1) is 13.5. The van der Waals surface area contributed by atoms with E-state index < -0.39 is 0 Å². The molecule has 2 aromatic carbocycles. The number of aromatic nitrogens is 2. The summed E-state index contributed by atoms with van der Waals surface area (Å²) in [6.07, 6.45) is 0.448. The number of rotatable bonds is 4. The van der Waals surface area contributed by atoms with Crippen molar-refractivity contribution in [3.63, 3.8) is 0 Å². The van der Waals surface area contributed by atoms with Crippen molar-refractivity contribution < 1.29 is 9.59 Å². The maximum absolute atomic E-state index is 12.6. The van der Waals surface area contributed by atoms with Gasteiger partial charge in [0, 0.05) is 30.0 Å². The van der Waals surface area contributed by atoms with Crippen LogP contribution in [0, 0.1) is 0 Å². The fraction of sp³-hybridized carbons (Fsp3) is 0.190. The molecule has 28 heavy (non-hydrogen) atoms. The summed E-state index contributed by atoms with van der Waals surface area (Å²) in [4.78, 5) is 24.8. The normalized spacial score (nSPS) is 15.6. The van der Waals surface area contributed by atoms with E-state index in [2.05, 4.69) is 15.7 Å². The fourth-order valence-electron chi connectivity index (χ4n) is 3.54. The first-order valence-corrected chi connectivity index (χ1v) is 9.35. The van der Waals surface area contributed by atoms with Crippen LogP contribution in [0.5, 0.6) is 0 Å². The zero-order valence-corrected chi connectivity index (χ0v) is 16.0. The highest BCUT2D eigenvalue weighted by atomic mass is 35.5. The lowest BCUT2D eigenvalue weighted by Gasteiger charge is -2.24. The minimum Gasteiger partial charge on any atom is -0.311 e. The second-order valence-corrected chi connectivity index (χ2v) is 7.17. The number of amides is 2. The van der Waals surface area contributed by atoms with E-state index in [0.29, 0.717) is 23.1 Å². The fourth-order valence-corrected chi connectivity index (χ4v) is 3.74. The third-order valence-corrected chi connectivity index (χ3v) is 5.22. The summed E-state index contributed by atoms with van der Waals surface area (Å²) in [6, 6.07) is 17.0. The number of anilines is 2. The van der Waals surface area contributed by atoms with Gasteiger partial charge in [0.25, 0.3) is 0 Å². The molecule has 3 aromatic rings. The Bertz CT molecular complexity index is 1050. The molecule has 1 aliphatic heterocycles. The van der Waals surface area contributed by atoms with Gasteiger partial charge in [0.15, 0.2) is 5.82 Å². The summed E-state index contributed by atoms with van der Waals surface area (Å²) in [5.74, 6) is 0.617. The molecule has 0 bridgehead atoms. The van der Waals surface area contributed by atoms with E-state index in [1.54, 1.807) is 17.8 Å². The van der Waals surface area contributed by atoms with Crippen molar-refractivity contribution in [1.29, 1.82) is 0 Å². The summed E-state index contributed by atoms with van der Waals surface area (Å²) in [5, 5.41) is 10.8. The number of carbonyl (C=O) groups is 2. The van der Waals surface area contributed by atoms with Gasteiger partial charge in [-0.05, 0) is 17.2 Å². The third kappa shape index (κ3) is 3.51. The van der Waals surface area contributed by atoms with Crippen molar-refractivity contribution in [2.75, 3.05) is 10.6 Å². The standard InChI is InChI=1S/C21H19ClN4O2/c1-26-21-19(15(12-18(28)24-21)13-7-3-2-4-8-13)20(25-26)23-17(27)11-14-9-5-6-10-16(14)22/h2-10,15H,11-12H2,1H3,(H,24,28)(H,23,25,27). The quantitative estimate of drug-likeness (QED) is 0.708. The first kappa shape index (κ1) is 18.3. The van der Waals surface area contributed by atoms with Crippen LogP contribution >= 0.6 is 11.6 Å². The van der Waals surface area contributed by atoms with Crippen molar-refractivity contribution in [3.05, 3.63) is 76.3 Å². The van der Waals surface area contributed by atoms with Gasteiger partial charge in [0.05, 0.1) is 6.42 Å².